The van der Waals surface area contributed by atoms with E-state index in [9.17, 15) is 4.79 Å². The van der Waals surface area contributed by atoms with Crippen LogP contribution in [-0.4, -0.2) is 34.0 Å². The molecule has 0 aromatic carbocycles. The van der Waals surface area contributed by atoms with Crippen molar-refractivity contribution in [2.75, 3.05) is 12.4 Å². The van der Waals surface area contributed by atoms with E-state index >= 15 is 0 Å². The highest BCUT2D eigenvalue weighted by Gasteiger charge is 2.12. The van der Waals surface area contributed by atoms with Crippen LogP contribution in [0.1, 0.15) is 31.3 Å². The molecule has 0 atom stereocenters. The molecule has 0 radical (unpaired) electrons. The first-order valence-corrected chi connectivity index (χ1v) is 7.53. The molecule has 0 spiro atoms. The lowest BCUT2D eigenvalue weighted by Gasteiger charge is -2.18. The number of aliphatic carboxylic acids is 1. The van der Waals surface area contributed by atoms with Crippen molar-refractivity contribution >= 4 is 29.1 Å². The number of carboxylic acids is 1. The number of thiazole rings is 1. The molecule has 0 aliphatic heterocycles. The van der Waals surface area contributed by atoms with Crippen LogP contribution in [-0.2, 0) is 16.0 Å². The molecular weight excluding hydrogens is 270 g/mol. The second-order valence-electron chi connectivity index (χ2n) is 4.87. The summed E-state index contributed by atoms with van der Waals surface area (Å²) in [6.45, 7) is 8.59. The Morgan fingerprint density at radius 2 is 2.17 bits per heavy atom. The third-order valence-electron chi connectivity index (χ3n) is 2.03. The van der Waals surface area contributed by atoms with Crippen molar-refractivity contribution in [1.82, 2.24) is 4.98 Å². The van der Waals surface area contributed by atoms with Crippen LogP contribution < -0.4 is 0 Å². The van der Waals surface area contributed by atoms with E-state index in [0.29, 0.717) is 6.61 Å². The maximum atomic E-state index is 10.7. The number of aryl methyl sites for hydroxylation is 1. The number of carboxylic acid groups (broad SMARTS) is 1. The molecule has 0 saturated heterocycles. The number of thioether (sulfide) groups is 1. The third kappa shape index (κ3) is 5.84. The summed E-state index contributed by atoms with van der Waals surface area (Å²) >= 11 is 3.07. The van der Waals surface area contributed by atoms with Crippen molar-refractivity contribution in [1.29, 1.82) is 0 Å². The van der Waals surface area contributed by atoms with Gasteiger partial charge in [-0.1, -0.05) is 11.8 Å². The smallest absolute Gasteiger partial charge is 0.308 e. The molecule has 0 aliphatic rings. The van der Waals surface area contributed by atoms with Crippen LogP contribution >= 0.6 is 23.1 Å². The summed E-state index contributed by atoms with van der Waals surface area (Å²) < 4.78 is 6.53. The van der Waals surface area contributed by atoms with E-state index in [1.54, 1.807) is 11.8 Å². The summed E-state index contributed by atoms with van der Waals surface area (Å²) in [5, 5.41) is 8.76. The first-order chi connectivity index (χ1) is 8.28. The van der Waals surface area contributed by atoms with Gasteiger partial charge in [-0.2, -0.15) is 0 Å². The van der Waals surface area contributed by atoms with E-state index in [1.807, 2.05) is 27.7 Å². The number of nitrogens with zero attached hydrogens (tertiary/aromatic N) is 1. The second kappa shape index (κ2) is 6.54. The van der Waals surface area contributed by atoms with Gasteiger partial charge in [0.15, 0.2) is 0 Å². The van der Waals surface area contributed by atoms with Crippen LogP contribution in [0.3, 0.4) is 0 Å². The number of hydrogen-bond acceptors (Lipinski definition) is 5. The Hall–Kier alpha value is -0.590. The highest BCUT2D eigenvalue weighted by Crippen LogP contribution is 2.27. The predicted octanol–water partition coefficient (Wildman–Crippen LogP) is 2.99. The van der Waals surface area contributed by atoms with Crippen molar-refractivity contribution in [3.05, 3.63) is 10.6 Å². The van der Waals surface area contributed by atoms with Crippen molar-refractivity contribution in [2.24, 2.45) is 0 Å². The normalized spacial score (nSPS) is 11.8. The fraction of sp³-hybridized carbons (Fsp3) is 0.667. The fourth-order valence-corrected chi connectivity index (χ4v) is 3.35. The second-order valence-corrected chi connectivity index (χ2v) is 7.29. The van der Waals surface area contributed by atoms with Gasteiger partial charge in [0.25, 0.3) is 0 Å². The summed E-state index contributed by atoms with van der Waals surface area (Å²) in [6.07, 6.45) is 0.0581. The van der Waals surface area contributed by atoms with Crippen molar-refractivity contribution in [3.8, 4) is 0 Å². The Balaban J connectivity index is 2.41. The van der Waals surface area contributed by atoms with E-state index in [0.717, 1.165) is 20.7 Å². The molecular formula is C12H19NO3S2. The van der Waals surface area contributed by atoms with Crippen molar-refractivity contribution in [3.63, 3.8) is 0 Å². The van der Waals surface area contributed by atoms with Crippen LogP contribution in [0.15, 0.2) is 4.34 Å². The lowest BCUT2D eigenvalue weighted by atomic mass is 10.2. The van der Waals surface area contributed by atoms with Crippen LogP contribution in [0.5, 0.6) is 0 Å². The summed E-state index contributed by atoms with van der Waals surface area (Å²) in [7, 11) is 0. The molecule has 4 nitrogen and oxygen atoms in total. The van der Waals surface area contributed by atoms with Gasteiger partial charge >= 0.3 is 5.97 Å². The highest BCUT2D eigenvalue weighted by molar-refractivity contribution is 8.01. The van der Waals surface area contributed by atoms with Crippen LogP contribution in [0, 0.1) is 6.92 Å². The van der Waals surface area contributed by atoms with Gasteiger partial charge in [0, 0.05) is 10.6 Å². The molecule has 0 saturated carbocycles. The number of hydrogen-bond donors (Lipinski definition) is 1. The zero-order valence-electron chi connectivity index (χ0n) is 11.1. The maximum absolute atomic E-state index is 10.7. The number of rotatable bonds is 6. The first kappa shape index (κ1) is 15.5. The topological polar surface area (TPSA) is 59.4 Å². The molecule has 102 valence electrons. The van der Waals surface area contributed by atoms with Gasteiger partial charge in [-0.3, -0.25) is 4.79 Å². The minimum Gasteiger partial charge on any atom is -0.481 e. The fourth-order valence-electron chi connectivity index (χ4n) is 1.24. The van der Waals surface area contributed by atoms with Crippen molar-refractivity contribution < 1.29 is 14.6 Å². The molecule has 1 rings (SSSR count). The average Bonchev–Trinajstić information content (AvgIpc) is 2.52. The highest BCUT2D eigenvalue weighted by atomic mass is 32.2. The van der Waals surface area contributed by atoms with E-state index in [-0.39, 0.29) is 12.0 Å². The number of ether oxygens (including phenoxy) is 1. The zero-order chi connectivity index (χ0) is 13.8. The van der Waals surface area contributed by atoms with Crippen LogP contribution in [0.4, 0.5) is 0 Å². The van der Waals surface area contributed by atoms with Gasteiger partial charge in [-0.05, 0) is 27.7 Å². The molecule has 0 aliphatic carbocycles. The predicted molar refractivity (Wildman–Crippen MR) is 74.6 cm³/mol. The monoisotopic (exact) mass is 289 g/mol. The molecule has 1 heterocycles. The number of aromatic nitrogens is 1. The largest absolute Gasteiger partial charge is 0.481 e. The lowest BCUT2D eigenvalue weighted by molar-refractivity contribution is -0.136. The molecule has 18 heavy (non-hydrogen) atoms. The van der Waals surface area contributed by atoms with Gasteiger partial charge < -0.3 is 9.84 Å². The van der Waals surface area contributed by atoms with E-state index in [2.05, 4.69) is 4.98 Å². The average molecular weight is 289 g/mol. The quantitative estimate of drug-likeness (QED) is 0.644. The lowest BCUT2D eigenvalue weighted by Crippen LogP contribution is -2.20. The molecule has 0 unspecified atom stereocenters. The van der Waals surface area contributed by atoms with Gasteiger partial charge in [0.05, 0.1) is 24.3 Å². The Bertz CT molecular complexity index is 410. The molecule has 0 bridgehead atoms. The molecule has 0 fully saturated rings. The first-order valence-electron chi connectivity index (χ1n) is 5.73. The Morgan fingerprint density at radius 3 is 2.72 bits per heavy atom. The van der Waals surface area contributed by atoms with Gasteiger partial charge in [0.1, 0.15) is 4.34 Å². The van der Waals surface area contributed by atoms with Gasteiger partial charge in [0.2, 0.25) is 0 Å². The van der Waals surface area contributed by atoms with Gasteiger partial charge in [-0.15, -0.1) is 11.3 Å². The van der Waals surface area contributed by atoms with Crippen LogP contribution in [0.25, 0.3) is 0 Å². The SMILES string of the molecule is Cc1nc(SCCOC(C)(C)C)sc1CC(=O)O. The number of carbonyl (C=O) groups is 1. The summed E-state index contributed by atoms with van der Waals surface area (Å²) in [5.41, 5.74) is 0.704. The maximum Gasteiger partial charge on any atom is 0.308 e. The van der Waals surface area contributed by atoms with E-state index in [4.69, 9.17) is 9.84 Å². The summed E-state index contributed by atoms with van der Waals surface area (Å²) in [5.74, 6) is 0.0193. The van der Waals surface area contributed by atoms with Crippen molar-refractivity contribution in [2.45, 2.75) is 44.1 Å². The summed E-state index contributed by atoms with van der Waals surface area (Å²) in [6, 6.07) is 0. The minimum atomic E-state index is -0.811. The third-order valence-corrected chi connectivity index (χ3v) is 4.29. The van der Waals surface area contributed by atoms with E-state index < -0.39 is 5.97 Å². The minimum absolute atomic E-state index is 0.0581. The Morgan fingerprint density at radius 1 is 1.50 bits per heavy atom. The van der Waals surface area contributed by atoms with E-state index in [1.165, 1.54) is 11.3 Å². The molecule has 1 N–H and O–H groups in total. The zero-order valence-corrected chi connectivity index (χ0v) is 12.8. The molecule has 6 heteroatoms. The molecule has 1 aromatic heterocycles. The standard InChI is InChI=1S/C12H19NO3S2/c1-8-9(7-10(14)15)18-11(13-8)17-6-5-16-12(2,3)4/h5-7H2,1-4H3,(H,14,15). The Labute approximate surface area is 116 Å². The Kier molecular flexibility index (Phi) is 5.62. The van der Waals surface area contributed by atoms with Crippen LogP contribution in [0.2, 0.25) is 0 Å². The van der Waals surface area contributed by atoms with Gasteiger partial charge in [-0.25, -0.2) is 4.98 Å². The summed E-state index contributed by atoms with van der Waals surface area (Å²) in [4.78, 5) is 15.8. The molecule has 0 amide bonds. The molecule has 1 aromatic rings.